The van der Waals surface area contributed by atoms with Crippen LogP contribution >= 0.6 is 39.0 Å². The number of hydrogen-bond acceptors (Lipinski definition) is 14. The molecule has 2 aliphatic heterocycles. The number of fused-ring (bicyclic) bond motifs is 2. The molecule has 4 aromatic rings. The highest BCUT2D eigenvalue weighted by Gasteiger charge is 2.52. The molecule has 48 heavy (non-hydrogen) atoms. The maximum Gasteiger partial charge on any atom is 0.582 e. The van der Waals surface area contributed by atoms with Gasteiger partial charge in [-0.3, -0.25) is 9.13 Å². The molecule has 2 saturated heterocycles. The normalized spacial score (nSPS) is 28.3. The molecule has 3 unspecified atom stereocenters. The molecule has 0 spiro atoms. The van der Waals surface area contributed by atoms with E-state index in [9.17, 15) is 19.3 Å². The summed E-state index contributed by atoms with van der Waals surface area (Å²) in [5, 5.41) is 19.2. The highest BCUT2D eigenvalue weighted by Crippen LogP contribution is 2.42. The van der Waals surface area contributed by atoms with Gasteiger partial charge in [0.2, 0.25) is 0 Å². The number of alkyl halides is 2. The van der Waals surface area contributed by atoms with Crippen molar-refractivity contribution in [2.45, 2.75) is 74.9 Å². The van der Waals surface area contributed by atoms with Crippen LogP contribution in [0.5, 0.6) is 0 Å². The predicted octanol–water partition coefficient (Wildman–Crippen LogP) is 3.49. The predicted molar refractivity (Wildman–Crippen MR) is 171 cm³/mol. The third-order valence-electron chi connectivity index (χ3n) is 8.00. The van der Waals surface area contributed by atoms with Gasteiger partial charge in [0.05, 0.1) is 37.3 Å². The van der Waals surface area contributed by atoms with E-state index in [1.807, 2.05) is 12.2 Å². The van der Waals surface area contributed by atoms with E-state index < -0.39 is 76.9 Å². The van der Waals surface area contributed by atoms with Crippen LogP contribution < -0.4 is 0 Å². The van der Waals surface area contributed by atoms with Crippen LogP contribution in [0.3, 0.4) is 0 Å². The van der Waals surface area contributed by atoms with Crippen molar-refractivity contribution in [1.29, 1.82) is 0 Å². The van der Waals surface area contributed by atoms with Gasteiger partial charge >= 0.3 is 14.5 Å². The minimum Gasteiger partial charge on any atom is -0.394 e. The smallest absolute Gasteiger partial charge is 0.394 e. The molecule has 2 N–H and O–H groups in total. The third-order valence-corrected chi connectivity index (χ3v) is 9.41. The Bertz CT molecular complexity index is 1700. The zero-order valence-electron chi connectivity index (χ0n) is 24.8. The maximum absolute atomic E-state index is 15.3. The van der Waals surface area contributed by atoms with Crippen LogP contribution in [-0.2, 0) is 40.5 Å². The number of thiol groups is 2. The molecule has 0 saturated carbocycles. The Kier molecular flexibility index (Phi) is 11.4. The number of imidazole rings is 2. The topological polar surface area (TPSA) is 199 Å². The minimum absolute atomic E-state index is 0.339. The van der Waals surface area contributed by atoms with Crippen molar-refractivity contribution in [2.75, 3.05) is 13.2 Å². The summed E-state index contributed by atoms with van der Waals surface area (Å²) in [6, 6.07) is 0. The molecular weight excluding hydrogens is 716 g/mol. The van der Waals surface area contributed by atoms with E-state index in [2.05, 4.69) is 54.4 Å². The summed E-state index contributed by atoms with van der Waals surface area (Å²) in [6.45, 7) is -1.08. The molecule has 0 aromatic carbocycles. The number of nitrogens with zero attached hydrogens (tertiary/aromatic N) is 8. The summed E-state index contributed by atoms with van der Waals surface area (Å²) >= 11 is 7.37. The van der Waals surface area contributed by atoms with Crippen LogP contribution in [-0.4, -0.2) is 99.2 Å². The third kappa shape index (κ3) is 7.14. The van der Waals surface area contributed by atoms with Crippen LogP contribution in [0.1, 0.15) is 36.7 Å². The van der Waals surface area contributed by atoms with Crippen LogP contribution in [0.25, 0.3) is 22.3 Å². The summed E-state index contributed by atoms with van der Waals surface area (Å²) in [5.41, 5.74) is 2.89. The molecule has 256 valence electrons. The number of hydrogen-bond donors (Lipinski definition) is 4. The first-order valence-electron chi connectivity index (χ1n) is 14.7. The van der Waals surface area contributed by atoms with Gasteiger partial charge in [0.25, 0.3) is 0 Å². The molecule has 16 nitrogen and oxygen atoms in total. The monoisotopic (exact) mass is 746 g/mol. The summed E-state index contributed by atoms with van der Waals surface area (Å²) in [5.74, 6) is 0. The van der Waals surface area contributed by atoms with E-state index in [0.29, 0.717) is 59.4 Å². The van der Waals surface area contributed by atoms with Crippen molar-refractivity contribution in [2.24, 2.45) is 0 Å². The number of halogens is 2. The second-order valence-electron chi connectivity index (χ2n) is 10.8. The fraction of sp³-hybridized carbons (Fsp3) is 0.538. The Morgan fingerprint density at radius 3 is 1.54 bits per heavy atom. The van der Waals surface area contributed by atoms with Crippen molar-refractivity contribution in [3.63, 3.8) is 0 Å². The van der Waals surface area contributed by atoms with E-state index in [0.717, 1.165) is 0 Å². The Morgan fingerprint density at radius 2 is 1.17 bits per heavy atom. The van der Waals surface area contributed by atoms with Gasteiger partial charge in [0, 0.05) is 0 Å². The summed E-state index contributed by atoms with van der Waals surface area (Å²) in [7, 11) is -4.84. The van der Waals surface area contributed by atoms with Gasteiger partial charge in [-0.05, 0) is 34.8 Å². The standard InChI is InChI=1S/C26H28F2N8O8P2S2/c27-17-21(43-45(39)47)15(7-37)41-25(17)35-11-33-19-13(29-9-31-23(19)35)5-3-1-2-4-6-14-20-24(32-10-30-14)36(12-34-20)26-18(28)22(44-46(40)48)16(8-38)42-26/h1-2,9-12,15-18,21-22,25-26,37-38H,3-8H2/p+2/b2-1+/t15-,16?,17-,18-,21-,22-,25-,26-/m1/s1. The van der Waals surface area contributed by atoms with E-state index in [1.54, 1.807) is 0 Å². The second kappa shape index (κ2) is 15.5. The number of ether oxygens (including phenoxy) is 2. The molecule has 0 radical (unpaired) electrons. The number of aliphatic hydroxyl groups is 2. The maximum atomic E-state index is 15.3. The largest absolute Gasteiger partial charge is 0.582 e. The fourth-order valence-corrected chi connectivity index (χ4v) is 7.38. The van der Waals surface area contributed by atoms with Crippen LogP contribution in [0.2, 0.25) is 0 Å². The van der Waals surface area contributed by atoms with Gasteiger partial charge in [-0.25, -0.2) is 38.7 Å². The van der Waals surface area contributed by atoms with Crippen molar-refractivity contribution in [1.82, 2.24) is 39.0 Å². The molecule has 6 heterocycles. The van der Waals surface area contributed by atoms with Crippen molar-refractivity contribution >= 4 is 61.3 Å². The summed E-state index contributed by atoms with van der Waals surface area (Å²) in [6.07, 6.45) is 1.10. The molecule has 0 bridgehead atoms. The van der Waals surface area contributed by atoms with E-state index in [4.69, 9.17) is 18.5 Å². The van der Waals surface area contributed by atoms with Gasteiger partial charge in [-0.2, -0.15) is 0 Å². The number of rotatable bonds is 14. The second-order valence-corrected chi connectivity index (χ2v) is 14.2. The lowest BCUT2D eigenvalue weighted by atomic mass is 10.1. The van der Waals surface area contributed by atoms with Crippen LogP contribution in [0.15, 0.2) is 37.5 Å². The Morgan fingerprint density at radius 1 is 0.750 bits per heavy atom. The number of aromatic nitrogens is 8. The quantitative estimate of drug-likeness (QED) is 0.0831. The van der Waals surface area contributed by atoms with Crippen molar-refractivity contribution in [3.05, 3.63) is 48.8 Å². The average molecular weight is 747 g/mol. The number of aliphatic hydroxyl groups excluding tert-OH is 2. The van der Waals surface area contributed by atoms with Gasteiger partial charge in [-0.1, -0.05) is 12.2 Å². The van der Waals surface area contributed by atoms with Gasteiger partial charge in [-0.15, -0.1) is 9.05 Å². The van der Waals surface area contributed by atoms with Crippen molar-refractivity contribution < 1.29 is 46.6 Å². The molecule has 4 aromatic heterocycles. The SMILES string of the molecule is O=[P+](S)O[C@H]1[C@@H](F)[C@H](n2cnc3c(CC/C=C/CCc4ncnc5c4ncn5[C@@H]4OC(CO)[C@@H](O[P+](=O)S)[C@H]4F)ncnc32)O[C@@H]1CO. The highest BCUT2D eigenvalue weighted by molar-refractivity contribution is 8.39. The first-order valence-corrected chi connectivity index (χ1v) is 19.3. The highest BCUT2D eigenvalue weighted by atomic mass is 32.7. The van der Waals surface area contributed by atoms with Gasteiger partial charge in [0.15, 0.2) is 48.3 Å². The fourth-order valence-electron chi connectivity index (χ4n) is 5.80. The molecular formula is C26H30F2N8O8P2S2+2. The molecule has 0 amide bonds. The average Bonchev–Trinajstić information content (AvgIpc) is 3.83. The van der Waals surface area contributed by atoms with Crippen molar-refractivity contribution in [3.8, 4) is 0 Å². The molecule has 2 aliphatic rings. The van der Waals surface area contributed by atoms with E-state index in [1.165, 1.54) is 34.4 Å². The molecule has 2 fully saturated rings. The zero-order valence-corrected chi connectivity index (χ0v) is 28.4. The Balaban J connectivity index is 1.07. The Hall–Kier alpha value is -2.64. The van der Waals surface area contributed by atoms with E-state index in [-0.39, 0.29) is 0 Å². The van der Waals surface area contributed by atoms with Gasteiger partial charge in [0.1, 0.15) is 60.4 Å². The molecule has 10 atom stereocenters. The molecule has 6 rings (SSSR count). The number of allylic oxidation sites excluding steroid dienone is 2. The Labute approximate surface area is 283 Å². The number of aryl methyl sites for hydroxylation is 2. The van der Waals surface area contributed by atoms with Crippen LogP contribution in [0, 0.1) is 0 Å². The lowest BCUT2D eigenvalue weighted by Crippen LogP contribution is -2.31. The first-order chi connectivity index (χ1) is 23.2. The summed E-state index contributed by atoms with van der Waals surface area (Å²) in [4.78, 5) is 26.0. The van der Waals surface area contributed by atoms with E-state index >= 15 is 8.78 Å². The van der Waals surface area contributed by atoms with Crippen LogP contribution in [0.4, 0.5) is 8.78 Å². The molecule has 22 heteroatoms. The lowest BCUT2D eigenvalue weighted by molar-refractivity contribution is -0.0427. The zero-order chi connectivity index (χ0) is 33.9. The lowest BCUT2D eigenvalue weighted by Gasteiger charge is -2.15. The summed E-state index contributed by atoms with van der Waals surface area (Å²) < 4.78 is 77.6. The first kappa shape index (κ1) is 35.2. The minimum atomic E-state index is -2.42. The van der Waals surface area contributed by atoms with Gasteiger partial charge < -0.3 is 19.7 Å². The molecule has 0 aliphatic carbocycles.